The fraction of sp³-hybridized carbons (Fsp3) is 0.750. The summed E-state index contributed by atoms with van der Waals surface area (Å²) in [5, 5.41) is 6.40. The third-order valence-corrected chi connectivity index (χ3v) is 5.33. The van der Waals surface area contributed by atoms with Crippen molar-refractivity contribution in [3.63, 3.8) is 0 Å². The van der Waals surface area contributed by atoms with Crippen molar-refractivity contribution in [2.45, 2.75) is 31.6 Å². The first-order chi connectivity index (χ1) is 9.03. The van der Waals surface area contributed by atoms with Crippen LogP contribution in [0.1, 0.15) is 25.5 Å². The largest absolute Gasteiger partial charge is 0.304 e. The Morgan fingerprint density at radius 2 is 2.16 bits per heavy atom. The smallest absolute Gasteiger partial charge is 0.243 e. The van der Waals surface area contributed by atoms with E-state index in [1.165, 1.54) is 6.20 Å². The molecule has 0 bridgehead atoms. The van der Waals surface area contributed by atoms with E-state index in [1.807, 2.05) is 0 Å². The van der Waals surface area contributed by atoms with Crippen LogP contribution < -0.4 is 4.72 Å². The fourth-order valence-corrected chi connectivity index (χ4v) is 3.67. The molecule has 2 rings (SSSR count). The summed E-state index contributed by atoms with van der Waals surface area (Å²) < 4.78 is 26.9. The highest BCUT2D eigenvalue weighted by molar-refractivity contribution is 7.89. The monoisotopic (exact) mass is 286 g/mol. The Labute approximate surface area is 114 Å². The number of nitrogens with zero attached hydrogens (tertiary/aromatic N) is 2. The topological polar surface area (TPSA) is 78.1 Å². The molecule has 0 aliphatic carbocycles. The van der Waals surface area contributed by atoms with Gasteiger partial charge in [0.2, 0.25) is 10.0 Å². The number of rotatable bonds is 5. The molecule has 0 atom stereocenters. The van der Waals surface area contributed by atoms with Gasteiger partial charge < -0.3 is 4.90 Å². The zero-order chi connectivity index (χ0) is 13.9. The van der Waals surface area contributed by atoms with E-state index in [1.54, 1.807) is 6.92 Å². The molecule has 1 aliphatic rings. The van der Waals surface area contributed by atoms with Gasteiger partial charge in [0.25, 0.3) is 0 Å². The van der Waals surface area contributed by atoms with Crippen molar-refractivity contribution in [3.8, 4) is 0 Å². The number of H-pyrrole nitrogens is 1. The molecule has 1 aromatic heterocycles. The zero-order valence-corrected chi connectivity index (χ0v) is 12.3. The molecule has 6 nitrogen and oxygen atoms in total. The number of piperidine rings is 1. The standard InChI is InChI=1S/C12H22N4O2S/c1-3-16-6-4-11(5-7-16)8-14-19(17,18)12-9-13-15-10(12)2/h9,11,14H,3-8H2,1-2H3,(H,13,15). The average Bonchev–Trinajstić information content (AvgIpc) is 2.84. The number of aryl methyl sites for hydroxylation is 1. The minimum Gasteiger partial charge on any atom is -0.304 e. The van der Waals surface area contributed by atoms with E-state index in [2.05, 4.69) is 26.7 Å². The third kappa shape index (κ3) is 3.55. The highest BCUT2D eigenvalue weighted by Gasteiger charge is 2.22. The summed E-state index contributed by atoms with van der Waals surface area (Å²) in [6.07, 6.45) is 3.47. The van der Waals surface area contributed by atoms with Crippen molar-refractivity contribution in [2.24, 2.45) is 5.92 Å². The quantitative estimate of drug-likeness (QED) is 0.836. The molecule has 1 fully saturated rings. The molecular formula is C12H22N4O2S. The Morgan fingerprint density at radius 1 is 1.47 bits per heavy atom. The number of hydrogen-bond donors (Lipinski definition) is 2. The number of aromatic nitrogens is 2. The van der Waals surface area contributed by atoms with E-state index in [4.69, 9.17) is 0 Å². The van der Waals surface area contributed by atoms with Crippen LogP contribution in [0.5, 0.6) is 0 Å². The van der Waals surface area contributed by atoms with Crippen LogP contribution >= 0.6 is 0 Å². The summed E-state index contributed by atoms with van der Waals surface area (Å²) in [7, 11) is -3.42. The lowest BCUT2D eigenvalue weighted by atomic mass is 9.97. The SMILES string of the molecule is CCN1CCC(CNS(=O)(=O)c2cn[nH]c2C)CC1. The van der Waals surface area contributed by atoms with Gasteiger partial charge in [-0.2, -0.15) is 5.10 Å². The van der Waals surface area contributed by atoms with Crippen molar-refractivity contribution in [1.82, 2.24) is 19.8 Å². The van der Waals surface area contributed by atoms with Crippen LogP contribution in [0.25, 0.3) is 0 Å². The molecule has 0 spiro atoms. The second-order valence-corrected chi connectivity index (χ2v) is 6.82. The van der Waals surface area contributed by atoms with Gasteiger partial charge in [-0.15, -0.1) is 0 Å². The van der Waals surface area contributed by atoms with Crippen molar-refractivity contribution >= 4 is 10.0 Å². The zero-order valence-electron chi connectivity index (χ0n) is 11.5. The number of aromatic amines is 1. The predicted molar refractivity (Wildman–Crippen MR) is 73.4 cm³/mol. The van der Waals surface area contributed by atoms with Gasteiger partial charge in [0.15, 0.2) is 0 Å². The molecule has 1 aromatic rings. The van der Waals surface area contributed by atoms with Crippen LogP contribution in [-0.4, -0.2) is 49.7 Å². The van der Waals surface area contributed by atoms with Gasteiger partial charge in [0, 0.05) is 6.54 Å². The number of nitrogens with one attached hydrogen (secondary N) is 2. The molecule has 19 heavy (non-hydrogen) atoms. The molecule has 0 unspecified atom stereocenters. The maximum atomic E-state index is 12.1. The maximum absolute atomic E-state index is 12.1. The molecule has 7 heteroatoms. The average molecular weight is 286 g/mol. The Morgan fingerprint density at radius 3 is 2.68 bits per heavy atom. The Hall–Kier alpha value is -0.920. The van der Waals surface area contributed by atoms with E-state index < -0.39 is 10.0 Å². The third-order valence-electron chi connectivity index (χ3n) is 3.79. The van der Waals surface area contributed by atoms with Gasteiger partial charge in [-0.3, -0.25) is 5.10 Å². The van der Waals surface area contributed by atoms with E-state index in [-0.39, 0.29) is 4.90 Å². The summed E-state index contributed by atoms with van der Waals surface area (Å²) in [6.45, 7) is 7.59. The second kappa shape index (κ2) is 6.02. The minimum absolute atomic E-state index is 0.249. The lowest BCUT2D eigenvalue weighted by Crippen LogP contribution is -2.38. The number of sulfonamides is 1. The molecule has 0 radical (unpaired) electrons. The molecule has 0 saturated carbocycles. The van der Waals surface area contributed by atoms with E-state index >= 15 is 0 Å². The van der Waals surface area contributed by atoms with Gasteiger partial charge in [0.1, 0.15) is 4.90 Å². The van der Waals surface area contributed by atoms with Gasteiger partial charge in [-0.25, -0.2) is 13.1 Å². The van der Waals surface area contributed by atoms with Gasteiger partial charge in [-0.1, -0.05) is 6.92 Å². The van der Waals surface area contributed by atoms with Gasteiger partial charge >= 0.3 is 0 Å². The summed E-state index contributed by atoms with van der Waals surface area (Å²) in [6, 6.07) is 0. The fourth-order valence-electron chi connectivity index (χ4n) is 2.42. The van der Waals surface area contributed by atoms with Crippen LogP contribution in [0, 0.1) is 12.8 Å². The van der Waals surface area contributed by atoms with Crippen LogP contribution in [0.15, 0.2) is 11.1 Å². The van der Waals surface area contributed by atoms with E-state index in [9.17, 15) is 8.42 Å². The predicted octanol–water partition coefficient (Wildman–Crippen LogP) is 0.728. The van der Waals surface area contributed by atoms with Gasteiger partial charge in [-0.05, 0) is 45.3 Å². The number of hydrogen-bond acceptors (Lipinski definition) is 4. The summed E-state index contributed by atoms with van der Waals surface area (Å²) in [5.74, 6) is 0.435. The van der Waals surface area contributed by atoms with Gasteiger partial charge in [0.05, 0.1) is 11.9 Å². The molecule has 108 valence electrons. The molecule has 0 aromatic carbocycles. The summed E-state index contributed by atoms with van der Waals surface area (Å²) in [5.41, 5.74) is 0.577. The highest BCUT2D eigenvalue weighted by Crippen LogP contribution is 2.17. The molecular weight excluding hydrogens is 264 g/mol. The van der Waals surface area contributed by atoms with Crippen molar-refractivity contribution in [1.29, 1.82) is 0 Å². The normalized spacial score (nSPS) is 18.8. The van der Waals surface area contributed by atoms with Crippen molar-refractivity contribution in [3.05, 3.63) is 11.9 Å². The van der Waals surface area contributed by atoms with Crippen LogP contribution in [0.3, 0.4) is 0 Å². The van der Waals surface area contributed by atoms with E-state index in [0.29, 0.717) is 18.2 Å². The Kier molecular flexibility index (Phi) is 4.59. The lowest BCUT2D eigenvalue weighted by molar-refractivity contribution is 0.194. The van der Waals surface area contributed by atoms with Crippen LogP contribution in [0.2, 0.25) is 0 Å². The molecule has 2 N–H and O–H groups in total. The Balaban J connectivity index is 1.88. The first kappa shape index (κ1) is 14.5. The van der Waals surface area contributed by atoms with Crippen molar-refractivity contribution in [2.75, 3.05) is 26.2 Å². The van der Waals surface area contributed by atoms with Crippen LogP contribution in [-0.2, 0) is 10.0 Å². The maximum Gasteiger partial charge on any atom is 0.243 e. The first-order valence-corrected chi connectivity index (χ1v) is 8.23. The first-order valence-electron chi connectivity index (χ1n) is 6.75. The molecule has 0 amide bonds. The summed E-state index contributed by atoms with van der Waals surface area (Å²) in [4.78, 5) is 2.64. The summed E-state index contributed by atoms with van der Waals surface area (Å²) >= 11 is 0. The molecule has 1 aliphatic heterocycles. The number of likely N-dealkylation sites (tertiary alicyclic amines) is 1. The lowest BCUT2D eigenvalue weighted by Gasteiger charge is -2.30. The highest BCUT2D eigenvalue weighted by atomic mass is 32.2. The van der Waals surface area contributed by atoms with Crippen LogP contribution in [0.4, 0.5) is 0 Å². The second-order valence-electron chi connectivity index (χ2n) is 5.09. The molecule has 2 heterocycles. The van der Waals surface area contributed by atoms with Crippen molar-refractivity contribution < 1.29 is 8.42 Å². The molecule has 1 saturated heterocycles. The van der Waals surface area contributed by atoms with E-state index in [0.717, 1.165) is 32.5 Å². The Bertz CT molecular complexity index is 504. The minimum atomic E-state index is -3.42.